The molecule has 6 heteroatoms. The number of hydrogen-bond acceptors (Lipinski definition) is 5. The van der Waals surface area contributed by atoms with Gasteiger partial charge in [0.2, 0.25) is 0 Å². The number of carbonyl (C=O) groups is 2. The van der Waals surface area contributed by atoms with Gasteiger partial charge >= 0.3 is 0 Å². The maximum atomic E-state index is 13.2. The van der Waals surface area contributed by atoms with Crippen molar-refractivity contribution in [2.45, 2.75) is 13.0 Å². The molecule has 2 heterocycles. The molecule has 0 radical (unpaired) electrons. The van der Waals surface area contributed by atoms with Crippen LogP contribution >= 0.6 is 11.3 Å². The smallest absolute Gasteiger partial charge is 0.300 e. The number of nitrogens with zero attached hydrogens (tertiary/aromatic N) is 1. The lowest BCUT2D eigenvalue weighted by atomic mass is 9.98. The second-order valence-corrected chi connectivity index (χ2v) is 8.72. The summed E-state index contributed by atoms with van der Waals surface area (Å²) >= 11 is 1.38. The van der Waals surface area contributed by atoms with Gasteiger partial charge < -0.3 is 10.2 Å². The standard InChI is InChI=1S/C26H19NO4S/c1-15-8-11-20(28)19(13-15)27-23(21-7-4-12-32-21)22(25(30)26(27)31)24(29)18-10-9-16-5-2-3-6-17(16)14-18/h2-14,23,28-29H,1H3/b24-22-. The Morgan fingerprint density at radius 1 is 0.938 bits per heavy atom. The third-order valence-electron chi connectivity index (χ3n) is 5.67. The van der Waals surface area contributed by atoms with Crippen molar-refractivity contribution in [1.29, 1.82) is 0 Å². The minimum atomic E-state index is -0.839. The van der Waals surface area contributed by atoms with Crippen LogP contribution in [0.15, 0.2) is 83.7 Å². The first kappa shape index (κ1) is 20.0. The van der Waals surface area contributed by atoms with Crippen molar-refractivity contribution in [3.8, 4) is 5.75 Å². The van der Waals surface area contributed by atoms with E-state index in [2.05, 4.69) is 0 Å². The first-order chi connectivity index (χ1) is 15.5. The van der Waals surface area contributed by atoms with Gasteiger partial charge in [-0.1, -0.05) is 48.5 Å². The Morgan fingerprint density at radius 2 is 1.72 bits per heavy atom. The predicted octanol–water partition coefficient (Wildman–Crippen LogP) is 5.54. The Kier molecular flexibility index (Phi) is 4.79. The van der Waals surface area contributed by atoms with E-state index in [-0.39, 0.29) is 22.8 Å². The molecule has 0 spiro atoms. The molecule has 1 aromatic heterocycles. The van der Waals surface area contributed by atoms with E-state index in [0.29, 0.717) is 10.4 Å². The van der Waals surface area contributed by atoms with E-state index in [0.717, 1.165) is 16.3 Å². The van der Waals surface area contributed by atoms with Crippen LogP contribution in [0.5, 0.6) is 5.75 Å². The van der Waals surface area contributed by atoms with E-state index >= 15 is 0 Å². The van der Waals surface area contributed by atoms with Gasteiger partial charge in [0, 0.05) is 10.4 Å². The highest BCUT2D eigenvalue weighted by Gasteiger charge is 2.48. The number of benzene rings is 3. The zero-order valence-corrected chi connectivity index (χ0v) is 18.0. The highest BCUT2D eigenvalue weighted by molar-refractivity contribution is 7.10. The number of ketones is 1. The van der Waals surface area contributed by atoms with Gasteiger partial charge in [0.1, 0.15) is 17.6 Å². The fourth-order valence-corrected chi connectivity index (χ4v) is 4.94. The summed E-state index contributed by atoms with van der Waals surface area (Å²) in [5.74, 6) is -1.91. The first-order valence-corrected chi connectivity index (χ1v) is 11.0. The van der Waals surface area contributed by atoms with Crippen molar-refractivity contribution in [2.75, 3.05) is 4.90 Å². The summed E-state index contributed by atoms with van der Waals surface area (Å²) in [5, 5.41) is 25.5. The topological polar surface area (TPSA) is 77.8 Å². The Balaban J connectivity index is 1.73. The van der Waals surface area contributed by atoms with Crippen LogP contribution in [0.3, 0.4) is 0 Å². The van der Waals surface area contributed by atoms with Crippen molar-refractivity contribution in [3.63, 3.8) is 0 Å². The minimum absolute atomic E-state index is 0.00800. The predicted molar refractivity (Wildman–Crippen MR) is 126 cm³/mol. The molecule has 1 atom stereocenters. The Morgan fingerprint density at radius 3 is 2.47 bits per heavy atom. The number of amides is 1. The number of anilines is 1. The van der Waals surface area contributed by atoms with E-state index in [1.54, 1.807) is 24.3 Å². The molecular formula is C26H19NO4S. The van der Waals surface area contributed by atoms with Crippen LogP contribution in [0.25, 0.3) is 16.5 Å². The van der Waals surface area contributed by atoms with Gasteiger partial charge in [-0.2, -0.15) is 0 Å². The maximum absolute atomic E-state index is 13.2. The second kappa shape index (κ2) is 7.66. The van der Waals surface area contributed by atoms with E-state index < -0.39 is 17.7 Å². The number of thiophene rings is 1. The van der Waals surface area contributed by atoms with Gasteiger partial charge in [-0.3, -0.25) is 14.5 Å². The molecule has 0 bridgehead atoms. The SMILES string of the molecule is Cc1ccc(O)c(N2C(=O)C(=O)/C(=C(\O)c3ccc4ccccc4c3)C2c2cccs2)c1. The van der Waals surface area contributed by atoms with Crippen molar-refractivity contribution < 1.29 is 19.8 Å². The fraction of sp³-hybridized carbons (Fsp3) is 0.0769. The summed E-state index contributed by atoms with van der Waals surface area (Å²) in [4.78, 5) is 28.3. The minimum Gasteiger partial charge on any atom is -0.507 e. The van der Waals surface area contributed by atoms with Crippen LogP contribution in [0.1, 0.15) is 22.0 Å². The molecule has 3 aromatic carbocycles. The van der Waals surface area contributed by atoms with Crippen molar-refractivity contribution in [1.82, 2.24) is 0 Å². The van der Waals surface area contributed by atoms with Crippen LogP contribution in [-0.4, -0.2) is 21.9 Å². The summed E-state index contributed by atoms with van der Waals surface area (Å²) in [6, 6.07) is 20.8. The number of carbonyl (C=O) groups excluding carboxylic acids is 2. The van der Waals surface area contributed by atoms with Gasteiger partial charge in [-0.25, -0.2) is 0 Å². The van der Waals surface area contributed by atoms with E-state index in [1.165, 1.54) is 22.3 Å². The molecule has 32 heavy (non-hydrogen) atoms. The van der Waals surface area contributed by atoms with Gasteiger partial charge in [-0.15, -0.1) is 11.3 Å². The van der Waals surface area contributed by atoms with Crippen LogP contribution in [0, 0.1) is 6.92 Å². The number of aliphatic hydroxyl groups is 1. The molecule has 158 valence electrons. The average molecular weight is 442 g/mol. The molecule has 5 nitrogen and oxygen atoms in total. The normalized spacial score (nSPS) is 17.9. The molecule has 1 aliphatic rings. The van der Waals surface area contributed by atoms with E-state index in [1.807, 2.05) is 54.8 Å². The molecule has 4 aromatic rings. The Bertz CT molecular complexity index is 1400. The van der Waals surface area contributed by atoms with Crippen molar-refractivity contribution in [3.05, 3.63) is 99.8 Å². The highest BCUT2D eigenvalue weighted by atomic mass is 32.1. The Labute approximate surface area is 188 Å². The molecular weight excluding hydrogens is 422 g/mol. The van der Waals surface area contributed by atoms with Crippen molar-refractivity contribution >= 4 is 45.2 Å². The molecule has 1 aliphatic heterocycles. The fourth-order valence-electron chi connectivity index (χ4n) is 4.12. The number of aromatic hydroxyl groups is 1. The lowest BCUT2D eigenvalue weighted by Gasteiger charge is -2.25. The highest BCUT2D eigenvalue weighted by Crippen LogP contribution is 2.46. The van der Waals surface area contributed by atoms with Crippen LogP contribution < -0.4 is 4.90 Å². The summed E-state index contributed by atoms with van der Waals surface area (Å²) in [6.45, 7) is 1.84. The van der Waals surface area contributed by atoms with E-state index in [4.69, 9.17) is 0 Å². The number of phenols is 1. The molecule has 1 fully saturated rings. The summed E-state index contributed by atoms with van der Waals surface area (Å²) in [5.41, 5.74) is 1.53. The summed E-state index contributed by atoms with van der Waals surface area (Å²) in [7, 11) is 0. The maximum Gasteiger partial charge on any atom is 0.300 e. The van der Waals surface area contributed by atoms with Gasteiger partial charge in [-0.05, 0) is 52.9 Å². The van der Waals surface area contributed by atoms with Crippen LogP contribution in [-0.2, 0) is 9.59 Å². The second-order valence-electron chi connectivity index (χ2n) is 7.74. The number of fused-ring (bicyclic) bond motifs is 1. The quantitative estimate of drug-likeness (QED) is 0.249. The third-order valence-corrected chi connectivity index (χ3v) is 6.60. The number of rotatable bonds is 3. The van der Waals surface area contributed by atoms with Gasteiger partial charge in [0.15, 0.2) is 0 Å². The molecule has 2 N–H and O–H groups in total. The lowest BCUT2D eigenvalue weighted by molar-refractivity contribution is -0.132. The molecule has 1 amide bonds. The van der Waals surface area contributed by atoms with Gasteiger partial charge in [0.05, 0.1) is 11.3 Å². The Hall–Kier alpha value is -3.90. The largest absolute Gasteiger partial charge is 0.507 e. The monoisotopic (exact) mass is 441 g/mol. The molecule has 0 saturated carbocycles. The van der Waals surface area contributed by atoms with E-state index in [9.17, 15) is 19.8 Å². The molecule has 1 unspecified atom stereocenters. The number of phenolic OH excluding ortho intramolecular Hbond substituents is 1. The third kappa shape index (κ3) is 3.16. The number of Topliss-reactive ketones (excluding diaryl/α,β-unsaturated/α-hetero) is 1. The summed E-state index contributed by atoms with van der Waals surface area (Å²) < 4.78 is 0. The number of hydrogen-bond donors (Lipinski definition) is 2. The number of aryl methyl sites for hydroxylation is 1. The molecule has 1 saturated heterocycles. The van der Waals surface area contributed by atoms with Gasteiger partial charge in [0.25, 0.3) is 11.7 Å². The molecule has 0 aliphatic carbocycles. The average Bonchev–Trinajstić information content (AvgIpc) is 3.42. The molecule has 5 rings (SSSR count). The number of aliphatic hydroxyl groups excluding tert-OH is 1. The summed E-state index contributed by atoms with van der Waals surface area (Å²) in [6.07, 6.45) is 0. The van der Waals surface area contributed by atoms with Crippen molar-refractivity contribution in [2.24, 2.45) is 0 Å². The lowest BCUT2D eigenvalue weighted by Crippen LogP contribution is -2.29. The zero-order chi connectivity index (χ0) is 22.4. The first-order valence-electron chi connectivity index (χ1n) is 10.1. The van der Waals surface area contributed by atoms with Crippen LogP contribution in [0.2, 0.25) is 0 Å². The zero-order valence-electron chi connectivity index (χ0n) is 17.1. The van der Waals surface area contributed by atoms with Crippen LogP contribution in [0.4, 0.5) is 5.69 Å².